The monoisotopic (exact) mass is 290 g/mol. The number of nitrogens with two attached hydrogens (primary N) is 1. The highest BCUT2D eigenvalue weighted by Crippen LogP contribution is 2.26. The molecule has 21 heavy (non-hydrogen) atoms. The van der Waals surface area contributed by atoms with Crippen LogP contribution in [0.5, 0.6) is 11.5 Å². The van der Waals surface area contributed by atoms with E-state index in [9.17, 15) is 4.39 Å². The number of hydrogen-bond donors (Lipinski definition) is 2. The average Bonchev–Trinajstić information content (AvgIpc) is 2.53. The van der Waals surface area contributed by atoms with Crippen molar-refractivity contribution in [3.8, 4) is 11.5 Å². The van der Waals surface area contributed by atoms with Gasteiger partial charge in [0.05, 0.1) is 12.7 Å². The molecule has 0 fully saturated rings. The van der Waals surface area contributed by atoms with Gasteiger partial charge in [0.25, 0.3) is 0 Å². The quantitative estimate of drug-likeness (QED) is 0.384. The number of methoxy groups -OCH3 is 1. The fraction of sp³-hybridized carbons (Fsp3) is 0.133. The minimum absolute atomic E-state index is 0.0194. The van der Waals surface area contributed by atoms with E-state index < -0.39 is 0 Å². The first-order valence-electron chi connectivity index (χ1n) is 6.18. The molecule has 3 N–H and O–H groups in total. The first-order chi connectivity index (χ1) is 10.2. The minimum Gasteiger partial charge on any atom is -0.497 e. The normalized spacial score (nSPS) is 11.2. The number of halogens is 1. The van der Waals surface area contributed by atoms with Crippen molar-refractivity contribution in [2.75, 3.05) is 7.11 Å². The summed E-state index contributed by atoms with van der Waals surface area (Å²) in [6, 6.07) is 11.2. The zero-order valence-electron chi connectivity index (χ0n) is 11.4. The van der Waals surface area contributed by atoms with Gasteiger partial charge in [-0.25, -0.2) is 4.39 Å². The van der Waals surface area contributed by atoms with Gasteiger partial charge in [-0.05, 0) is 18.2 Å². The molecule has 0 bridgehead atoms. The van der Waals surface area contributed by atoms with Crippen LogP contribution in [0.3, 0.4) is 0 Å². The molecule has 0 spiro atoms. The highest BCUT2D eigenvalue weighted by molar-refractivity contribution is 5.99. The minimum atomic E-state index is -0.356. The van der Waals surface area contributed by atoms with Crippen molar-refractivity contribution in [2.45, 2.75) is 6.61 Å². The third-order valence-electron chi connectivity index (χ3n) is 2.91. The van der Waals surface area contributed by atoms with Gasteiger partial charge >= 0.3 is 0 Å². The van der Waals surface area contributed by atoms with Gasteiger partial charge in [0.1, 0.15) is 23.9 Å². The second-order valence-corrected chi connectivity index (χ2v) is 4.23. The zero-order valence-corrected chi connectivity index (χ0v) is 11.4. The molecule has 0 aliphatic rings. The smallest absolute Gasteiger partial charge is 0.173 e. The van der Waals surface area contributed by atoms with Gasteiger partial charge in [0, 0.05) is 11.6 Å². The molecule has 0 saturated heterocycles. The Hall–Kier alpha value is -2.76. The second kappa shape index (κ2) is 6.60. The summed E-state index contributed by atoms with van der Waals surface area (Å²) in [4.78, 5) is 0. The van der Waals surface area contributed by atoms with E-state index in [4.69, 9.17) is 20.4 Å². The van der Waals surface area contributed by atoms with Gasteiger partial charge in [-0.15, -0.1) is 0 Å². The molecule has 2 aromatic carbocycles. The molecule has 6 heteroatoms. The van der Waals surface area contributed by atoms with Gasteiger partial charge in [-0.3, -0.25) is 0 Å². The van der Waals surface area contributed by atoms with Gasteiger partial charge in [-0.2, -0.15) is 0 Å². The number of rotatable bonds is 5. The highest BCUT2D eigenvalue weighted by Gasteiger charge is 2.11. The Morgan fingerprint density at radius 2 is 2.05 bits per heavy atom. The number of hydrogen-bond acceptors (Lipinski definition) is 4. The molecule has 0 aliphatic heterocycles. The van der Waals surface area contributed by atoms with Crippen LogP contribution in [0, 0.1) is 5.82 Å². The summed E-state index contributed by atoms with van der Waals surface area (Å²) < 4.78 is 24.2. The van der Waals surface area contributed by atoms with E-state index in [0.717, 1.165) is 0 Å². The second-order valence-electron chi connectivity index (χ2n) is 4.23. The number of ether oxygens (including phenoxy) is 2. The summed E-state index contributed by atoms with van der Waals surface area (Å²) in [5.41, 5.74) is 6.40. The van der Waals surface area contributed by atoms with Crippen molar-refractivity contribution >= 4 is 5.84 Å². The number of oxime groups is 1. The molecule has 0 saturated carbocycles. The summed E-state index contributed by atoms with van der Waals surface area (Å²) >= 11 is 0. The molecule has 0 aliphatic carbocycles. The van der Waals surface area contributed by atoms with Crippen LogP contribution in [0.25, 0.3) is 0 Å². The maximum atomic E-state index is 13.6. The highest BCUT2D eigenvalue weighted by atomic mass is 19.1. The average molecular weight is 290 g/mol. The summed E-state index contributed by atoms with van der Waals surface area (Å²) in [5, 5.41) is 11.7. The molecule has 0 amide bonds. The van der Waals surface area contributed by atoms with Crippen LogP contribution in [0.1, 0.15) is 11.1 Å². The number of nitrogens with zero attached hydrogens (tertiary/aromatic N) is 1. The Kier molecular flexibility index (Phi) is 4.61. The van der Waals surface area contributed by atoms with Crippen LogP contribution in [0.15, 0.2) is 47.6 Å². The van der Waals surface area contributed by atoms with Gasteiger partial charge in [-0.1, -0.05) is 23.4 Å². The van der Waals surface area contributed by atoms with Crippen LogP contribution >= 0.6 is 0 Å². The molecule has 0 aromatic heterocycles. The molecule has 5 nitrogen and oxygen atoms in total. The van der Waals surface area contributed by atoms with Crippen LogP contribution in [0.2, 0.25) is 0 Å². The molecule has 2 aromatic rings. The van der Waals surface area contributed by atoms with E-state index in [0.29, 0.717) is 22.6 Å². The molecular weight excluding hydrogens is 275 g/mol. The summed E-state index contributed by atoms with van der Waals surface area (Å²) in [7, 11) is 1.51. The Morgan fingerprint density at radius 1 is 1.29 bits per heavy atom. The Bertz CT molecular complexity index is 659. The van der Waals surface area contributed by atoms with Crippen molar-refractivity contribution in [1.29, 1.82) is 0 Å². The zero-order chi connectivity index (χ0) is 15.2. The molecule has 110 valence electrons. The SMILES string of the molecule is COc1ccc(/C(N)=N/O)c(OCc2ccccc2F)c1. The lowest BCUT2D eigenvalue weighted by molar-refractivity contribution is 0.295. The Balaban J connectivity index is 2.27. The van der Waals surface area contributed by atoms with Crippen LogP contribution in [0.4, 0.5) is 4.39 Å². The van der Waals surface area contributed by atoms with Crippen molar-refractivity contribution in [3.63, 3.8) is 0 Å². The molecule has 0 unspecified atom stereocenters. The largest absolute Gasteiger partial charge is 0.497 e. The van der Waals surface area contributed by atoms with Crippen molar-refractivity contribution in [2.24, 2.45) is 10.9 Å². The Labute approximate surface area is 121 Å². The van der Waals surface area contributed by atoms with Gasteiger partial charge < -0.3 is 20.4 Å². The molecule has 2 rings (SSSR count). The molecule has 0 atom stereocenters. The van der Waals surface area contributed by atoms with Crippen molar-refractivity contribution in [3.05, 3.63) is 59.4 Å². The fourth-order valence-electron chi connectivity index (χ4n) is 1.79. The van der Waals surface area contributed by atoms with Gasteiger partial charge in [0.15, 0.2) is 5.84 Å². The third kappa shape index (κ3) is 3.42. The Morgan fingerprint density at radius 3 is 2.71 bits per heavy atom. The maximum absolute atomic E-state index is 13.6. The van der Waals surface area contributed by atoms with Crippen LogP contribution < -0.4 is 15.2 Å². The third-order valence-corrected chi connectivity index (χ3v) is 2.91. The van der Waals surface area contributed by atoms with Crippen LogP contribution in [-0.4, -0.2) is 18.2 Å². The number of benzene rings is 2. The lowest BCUT2D eigenvalue weighted by atomic mass is 10.1. The van der Waals surface area contributed by atoms with Gasteiger partial charge in [0.2, 0.25) is 0 Å². The topological polar surface area (TPSA) is 77.1 Å². The molecular formula is C15H15FN2O3. The predicted octanol–water partition coefficient (Wildman–Crippen LogP) is 2.51. The van der Waals surface area contributed by atoms with E-state index in [-0.39, 0.29) is 18.3 Å². The summed E-state index contributed by atoms with van der Waals surface area (Å²) in [6.07, 6.45) is 0. The van der Waals surface area contributed by atoms with E-state index in [1.807, 2.05) is 0 Å². The van der Waals surface area contributed by atoms with E-state index >= 15 is 0 Å². The van der Waals surface area contributed by atoms with E-state index in [1.165, 1.54) is 13.2 Å². The van der Waals surface area contributed by atoms with Crippen molar-refractivity contribution in [1.82, 2.24) is 0 Å². The first-order valence-corrected chi connectivity index (χ1v) is 6.18. The number of amidine groups is 1. The first kappa shape index (κ1) is 14.6. The summed E-state index contributed by atoms with van der Waals surface area (Å²) in [6.45, 7) is 0.0194. The maximum Gasteiger partial charge on any atom is 0.173 e. The predicted molar refractivity (Wildman–Crippen MR) is 76.2 cm³/mol. The molecule has 0 radical (unpaired) electrons. The standard InChI is InChI=1S/C15H15FN2O3/c1-20-11-6-7-12(15(17)18-19)14(8-11)21-9-10-4-2-3-5-13(10)16/h2-8,19H,9H2,1H3,(H2,17,18). The fourth-order valence-corrected chi connectivity index (χ4v) is 1.79. The lowest BCUT2D eigenvalue weighted by Crippen LogP contribution is -2.15. The van der Waals surface area contributed by atoms with Crippen molar-refractivity contribution < 1.29 is 19.1 Å². The summed E-state index contributed by atoms with van der Waals surface area (Å²) in [5.74, 6) is 0.438. The van der Waals surface area contributed by atoms with E-state index in [1.54, 1.807) is 36.4 Å². The van der Waals surface area contributed by atoms with Crippen LogP contribution in [-0.2, 0) is 6.61 Å². The lowest BCUT2D eigenvalue weighted by Gasteiger charge is -2.12. The molecule has 0 heterocycles. The van der Waals surface area contributed by atoms with E-state index in [2.05, 4.69) is 5.16 Å².